The van der Waals surface area contributed by atoms with Crippen molar-refractivity contribution >= 4 is 5.91 Å². The van der Waals surface area contributed by atoms with E-state index in [0.717, 1.165) is 19.4 Å². The van der Waals surface area contributed by atoms with Gasteiger partial charge in [-0.3, -0.25) is 4.79 Å². The van der Waals surface area contributed by atoms with Gasteiger partial charge in [-0.15, -0.1) is 6.58 Å². The highest BCUT2D eigenvalue weighted by Gasteiger charge is 2.29. The summed E-state index contributed by atoms with van der Waals surface area (Å²) in [6, 6.07) is 10.5. The van der Waals surface area contributed by atoms with Crippen molar-refractivity contribution in [1.29, 1.82) is 0 Å². The standard InChI is InChI=1S/C14H17NO/c1-2-6-13-9-10-14(16)15(13)11-12-7-4-3-5-8-12/h2-5,7-8,13H,1,6,9-11H2/t13-/m1/s1. The fourth-order valence-corrected chi connectivity index (χ4v) is 2.23. The molecule has 0 unspecified atom stereocenters. The molecule has 1 aliphatic heterocycles. The van der Waals surface area contributed by atoms with Crippen molar-refractivity contribution in [3.8, 4) is 0 Å². The van der Waals surface area contributed by atoms with E-state index in [4.69, 9.17) is 0 Å². The molecular weight excluding hydrogens is 198 g/mol. The number of amides is 1. The van der Waals surface area contributed by atoms with Gasteiger partial charge >= 0.3 is 0 Å². The van der Waals surface area contributed by atoms with Gasteiger partial charge in [0.05, 0.1) is 0 Å². The Hall–Kier alpha value is -1.57. The molecule has 1 saturated heterocycles. The third-order valence-electron chi connectivity index (χ3n) is 3.09. The summed E-state index contributed by atoms with van der Waals surface area (Å²) in [7, 11) is 0. The van der Waals surface area contributed by atoms with Crippen LogP contribution in [0.4, 0.5) is 0 Å². The van der Waals surface area contributed by atoms with Gasteiger partial charge in [0.25, 0.3) is 0 Å². The number of likely N-dealkylation sites (tertiary alicyclic amines) is 1. The van der Waals surface area contributed by atoms with E-state index >= 15 is 0 Å². The van der Waals surface area contributed by atoms with E-state index in [1.807, 2.05) is 29.2 Å². The second-order valence-corrected chi connectivity index (χ2v) is 4.22. The van der Waals surface area contributed by atoms with Crippen LogP contribution in [0.2, 0.25) is 0 Å². The molecule has 0 spiro atoms. The molecule has 0 saturated carbocycles. The number of benzene rings is 1. The topological polar surface area (TPSA) is 20.3 Å². The summed E-state index contributed by atoms with van der Waals surface area (Å²) < 4.78 is 0. The highest BCUT2D eigenvalue weighted by atomic mass is 16.2. The number of hydrogen-bond acceptors (Lipinski definition) is 1. The van der Waals surface area contributed by atoms with Gasteiger partial charge in [0.2, 0.25) is 5.91 Å². The molecule has 1 aromatic carbocycles. The van der Waals surface area contributed by atoms with Crippen LogP contribution in [0.15, 0.2) is 43.0 Å². The van der Waals surface area contributed by atoms with Crippen LogP contribution in [-0.4, -0.2) is 16.8 Å². The second-order valence-electron chi connectivity index (χ2n) is 4.22. The maximum Gasteiger partial charge on any atom is 0.223 e. The first kappa shape index (κ1) is 10.9. The molecular formula is C14H17NO. The number of carbonyl (C=O) groups is 1. The molecule has 2 rings (SSSR count). The molecule has 1 atom stereocenters. The van der Waals surface area contributed by atoms with Gasteiger partial charge < -0.3 is 4.90 Å². The number of nitrogens with zero attached hydrogens (tertiary/aromatic N) is 1. The van der Waals surface area contributed by atoms with Crippen LogP contribution in [-0.2, 0) is 11.3 Å². The first-order chi connectivity index (χ1) is 7.81. The van der Waals surface area contributed by atoms with Gasteiger partial charge in [-0.1, -0.05) is 36.4 Å². The highest BCUT2D eigenvalue weighted by molar-refractivity contribution is 5.78. The number of hydrogen-bond donors (Lipinski definition) is 0. The van der Waals surface area contributed by atoms with E-state index in [1.54, 1.807) is 0 Å². The Labute approximate surface area is 96.6 Å². The van der Waals surface area contributed by atoms with Crippen molar-refractivity contribution in [3.05, 3.63) is 48.6 Å². The predicted molar refractivity (Wildman–Crippen MR) is 64.8 cm³/mol. The van der Waals surface area contributed by atoms with E-state index in [-0.39, 0.29) is 5.91 Å². The van der Waals surface area contributed by atoms with Gasteiger partial charge in [0.1, 0.15) is 0 Å². The zero-order valence-electron chi connectivity index (χ0n) is 9.43. The lowest BCUT2D eigenvalue weighted by Crippen LogP contribution is -2.31. The molecule has 1 aromatic rings. The lowest BCUT2D eigenvalue weighted by molar-refractivity contribution is -0.129. The Balaban J connectivity index is 2.07. The molecule has 1 heterocycles. The molecule has 0 N–H and O–H groups in total. The van der Waals surface area contributed by atoms with Crippen molar-refractivity contribution < 1.29 is 4.79 Å². The van der Waals surface area contributed by atoms with Crippen molar-refractivity contribution in [2.45, 2.75) is 31.8 Å². The first-order valence-corrected chi connectivity index (χ1v) is 5.75. The molecule has 16 heavy (non-hydrogen) atoms. The number of rotatable bonds is 4. The van der Waals surface area contributed by atoms with Crippen molar-refractivity contribution in [3.63, 3.8) is 0 Å². The molecule has 1 aliphatic rings. The molecule has 1 fully saturated rings. The third-order valence-corrected chi connectivity index (χ3v) is 3.09. The summed E-state index contributed by atoms with van der Waals surface area (Å²) in [6.07, 6.45) is 4.46. The summed E-state index contributed by atoms with van der Waals surface area (Å²) in [5, 5.41) is 0. The van der Waals surface area contributed by atoms with E-state index in [2.05, 4.69) is 18.7 Å². The Bertz CT molecular complexity index is 372. The summed E-state index contributed by atoms with van der Waals surface area (Å²) in [4.78, 5) is 13.7. The maximum atomic E-state index is 11.8. The Morgan fingerprint density at radius 1 is 1.38 bits per heavy atom. The van der Waals surface area contributed by atoms with E-state index in [1.165, 1.54) is 5.56 Å². The van der Waals surface area contributed by atoms with E-state index in [9.17, 15) is 4.79 Å². The van der Waals surface area contributed by atoms with Crippen LogP contribution in [0, 0.1) is 0 Å². The monoisotopic (exact) mass is 215 g/mol. The fraction of sp³-hybridized carbons (Fsp3) is 0.357. The first-order valence-electron chi connectivity index (χ1n) is 5.75. The smallest absolute Gasteiger partial charge is 0.223 e. The zero-order valence-corrected chi connectivity index (χ0v) is 9.43. The number of carbonyl (C=O) groups excluding carboxylic acids is 1. The molecule has 0 radical (unpaired) electrons. The lowest BCUT2D eigenvalue weighted by Gasteiger charge is -2.23. The molecule has 0 bridgehead atoms. The van der Waals surface area contributed by atoms with Crippen LogP contribution in [0.3, 0.4) is 0 Å². The molecule has 84 valence electrons. The van der Waals surface area contributed by atoms with Gasteiger partial charge in [-0.2, -0.15) is 0 Å². The minimum Gasteiger partial charge on any atom is -0.335 e. The summed E-state index contributed by atoms with van der Waals surface area (Å²) >= 11 is 0. The van der Waals surface area contributed by atoms with Crippen LogP contribution in [0.1, 0.15) is 24.8 Å². The molecule has 1 amide bonds. The maximum absolute atomic E-state index is 11.8. The quantitative estimate of drug-likeness (QED) is 0.707. The molecule has 2 nitrogen and oxygen atoms in total. The highest BCUT2D eigenvalue weighted by Crippen LogP contribution is 2.23. The van der Waals surface area contributed by atoms with Gasteiger partial charge in [0.15, 0.2) is 0 Å². The summed E-state index contributed by atoms with van der Waals surface area (Å²) in [5.74, 6) is 0.274. The average molecular weight is 215 g/mol. The minimum absolute atomic E-state index is 0.274. The largest absolute Gasteiger partial charge is 0.335 e. The van der Waals surface area contributed by atoms with E-state index in [0.29, 0.717) is 12.5 Å². The SMILES string of the molecule is C=CC[C@@H]1CCC(=O)N1Cc1ccccc1. The zero-order chi connectivity index (χ0) is 11.4. The Morgan fingerprint density at radius 2 is 2.12 bits per heavy atom. The van der Waals surface area contributed by atoms with Crippen LogP contribution in [0.5, 0.6) is 0 Å². The average Bonchev–Trinajstić information content (AvgIpc) is 2.64. The predicted octanol–water partition coefficient (Wildman–Crippen LogP) is 2.75. The molecule has 2 heteroatoms. The lowest BCUT2D eigenvalue weighted by atomic mass is 10.1. The summed E-state index contributed by atoms with van der Waals surface area (Å²) in [5.41, 5.74) is 1.20. The van der Waals surface area contributed by atoms with Crippen molar-refractivity contribution in [1.82, 2.24) is 4.90 Å². The fourth-order valence-electron chi connectivity index (χ4n) is 2.23. The normalized spacial score (nSPS) is 20.1. The summed E-state index contributed by atoms with van der Waals surface area (Å²) in [6.45, 7) is 4.49. The van der Waals surface area contributed by atoms with Gasteiger partial charge in [-0.05, 0) is 18.4 Å². The van der Waals surface area contributed by atoms with Crippen LogP contribution in [0.25, 0.3) is 0 Å². The van der Waals surface area contributed by atoms with Crippen LogP contribution < -0.4 is 0 Å². The Kier molecular flexibility index (Phi) is 3.40. The van der Waals surface area contributed by atoms with Crippen LogP contribution >= 0.6 is 0 Å². The van der Waals surface area contributed by atoms with E-state index < -0.39 is 0 Å². The molecule has 0 aromatic heterocycles. The van der Waals surface area contributed by atoms with Crippen molar-refractivity contribution in [2.24, 2.45) is 0 Å². The molecule has 0 aliphatic carbocycles. The second kappa shape index (κ2) is 4.97. The third kappa shape index (κ3) is 2.32. The van der Waals surface area contributed by atoms with Gasteiger partial charge in [-0.25, -0.2) is 0 Å². The van der Waals surface area contributed by atoms with Crippen molar-refractivity contribution in [2.75, 3.05) is 0 Å². The minimum atomic E-state index is 0.274. The van der Waals surface area contributed by atoms with Gasteiger partial charge in [0, 0.05) is 19.0 Å². The Morgan fingerprint density at radius 3 is 2.81 bits per heavy atom.